The van der Waals surface area contributed by atoms with Gasteiger partial charge in [-0.05, 0) is 25.7 Å². The van der Waals surface area contributed by atoms with E-state index in [0.717, 1.165) is 24.2 Å². The molecule has 0 bridgehead atoms. The van der Waals surface area contributed by atoms with Gasteiger partial charge < -0.3 is 4.74 Å². The van der Waals surface area contributed by atoms with E-state index in [1.807, 2.05) is 14.0 Å². The van der Waals surface area contributed by atoms with E-state index in [1.165, 1.54) is 19.3 Å². The molecule has 0 N–H and O–H groups in total. The number of nitrogens with zero attached hydrogens (tertiary/aromatic N) is 2. The monoisotopic (exact) mass is 298 g/mol. The normalized spacial score (nSPS) is 18.2. The number of hydrogen-bond donors (Lipinski definition) is 0. The molecule has 112 valence electrons. The van der Waals surface area contributed by atoms with Gasteiger partial charge in [0.1, 0.15) is 6.10 Å². The van der Waals surface area contributed by atoms with Gasteiger partial charge in [-0.2, -0.15) is 5.10 Å². The topological polar surface area (TPSA) is 44.1 Å². The van der Waals surface area contributed by atoms with Gasteiger partial charge >= 0.3 is 0 Å². The van der Waals surface area contributed by atoms with Crippen molar-refractivity contribution in [2.24, 2.45) is 13.0 Å². The molecule has 0 saturated heterocycles. The van der Waals surface area contributed by atoms with Crippen LogP contribution in [-0.2, 0) is 23.0 Å². The summed E-state index contributed by atoms with van der Waals surface area (Å²) in [6.45, 7) is 1.85. The maximum absolute atomic E-state index is 12.5. The summed E-state index contributed by atoms with van der Waals surface area (Å²) < 4.78 is 7.19. The highest BCUT2D eigenvalue weighted by Gasteiger charge is 2.30. The molecule has 1 aromatic rings. The lowest BCUT2D eigenvalue weighted by Crippen LogP contribution is -2.34. The number of Topliss-reactive ketones (excluding diaryl/α,β-unsaturated/α-hetero) is 1. The SMILES string of the molecule is COC(C(=O)Cc1c(Cl)c(C)nn1C)C1CCCCC1. The van der Waals surface area contributed by atoms with Crippen LogP contribution in [0.4, 0.5) is 0 Å². The molecule has 1 aliphatic carbocycles. The van der Waals surface area contributed by atoms with Crippen LogP contribution in [0.3, 0.4) is 0 Å². The zero-order chi connectivity index (χ0) is 14.7. The summed E-state index contributed by atoms with van der Waals surface area (Å²) in [5.74, 6) is 0.471. The van der Waals surface area contributed by atoms with Gasteiger partial charge in [0.2, 0.25) is 0 Å². The van der Waals surface area contributed by atoms with Gasteiger partial charge in [-0.1, -0.05) is 30.9 Å². The minimum Gasteiger partial charge on any atom is -0.373 e. The fourth-order valence-corrected chi connectivity index (χ4v) is 3.39. The molecule has 4 nitrogen and oxygen atoms in total. The van der Waals surface area contributed by atoms with Gasteiger partial charge in [0.05, 0.1) is 22.8 Å². The molecule has 1 unspecified atom stereocenters. The Bertz CT molecular complexity index is 478. The first kappa shape index (κ1) is 15.5. The Morgan fingerprint density at radius 2 is 2.10 bits per heavy atom. The highest BCUT2D eigenvalue weighted by atomic mass is 35.5. The van der Waals surface area contributed by atoms with Crippen molar-refractivity contribution in [1.82, 2.24) is 9.78 Å². The van der Waals surface area contributed by atoms with Crippen LogP contribution in [0.5, 0.6) is 0 Å². The second-order valence-corrected chi connectivity index (χ2v) is 6.05. The number of carbonyl (C=O) groups excluding carboxylic acids is 1. The van der Waals surface area contributed by atoms with E-state index in [9.17, 15) is 4.79 Å². The molecule has 1 aromatic heterocycles. The minimum atomic E-state index is -0.304. The molecule has 1 atom stereocenters. The van der Waals surface area contributed by atoms with Crippen LogP contribution in [-0.4, -0.2) is 28.8 Å². The summed E-state index contributed by atoms with van der Waals surface area (Å²) in [6.07, 6.45) is 5.83. The lowest BCUT2D eigenvalue weighted by Gasteiger charge is -2.28. The van der Waals surface area contributed by atoms with Crippen molar-refractivity contribution in [3.63, 3.8) is 0 Å². The van der Waals surface area contributed by atoms with E-state index in [0.29, 0.717) is 17.4 Å². The number of ketones is 1. The number of rotatable bonds is 5. The first-order valence-electron chi connectivity index (χ1n) is 7.28. The van der Waals surface area contributed by atoms with Crippen molar-refractivity contribution in [2.45, 2.75) is 51.6 Å². The number of aromatic nitrogens is 2. The van der Waals surface area contributed by atoms with Crippen molar-refractivity contribution < 1.29 is 9.53 Å². The van der Waals surface area contributed by atoms with Crippen LogP contribution in [0.2, 0.25) is 5.02 Å². The number of carbonyl (C=O) groups is 1. The largest absolute Gasteiger partial charge is 0.373 e. The zero-order valence-electron chi connectivity index (χ0n) is 12.5. The second kappa shape index (κ2) is 6.72. The number of hydrogen-bond acceptors (Lipinski definition) is 3. The molecule has 0 spiro atoms. The summed E-state index contributed by atoms with van der Waals surface area (Å²) in [7, 11) is 3.46. The quantitative estimate of drug-likeness (QED) is 0.839. The predicted molar refractivity (Wildman–Crippen MR) is 79.0 cm³/mol. The number of aryl methyl sites for hydroxylation is 2. The molecular formula is C15H23ClN2O2. The Labute approximate surface area is 125 Å². The van der Waals surface area contributed by atoms with Gasteiger partial charge in [0.15, 0.2) is 5.78 Å². The summed E-state index contributed by atoms with van der Waals surface area (Å²) in [5.41, 5.74) is 1.55. The molecule has 5 heteroatoms. The molecule has 1 saturated carbocycles. The van der Waals surface area contributed by atoms with Gasteiger partial charge in [-0.15, -0.1) is 0 Å². The van der Waals surface area contributed by atoms with Crippen LogP contribution in [0.15, 0.2) is 0 Å². The van der Waals surface area contributed by atoms with Crippen LogP contribution in [0, 0.1) is 12.8 Å². The van der Waals surface area contributed by atoms with E-state index in [4.69, 9.17) is 16.3 Å². The standard InChI is InChI=1S/C15H23ClN2O2/c1-10-14(16)12(18(2)17-10)9-13(19)15(20-3)11-7-5-4-6-8-11/h11,15H,4-9H2,1-3H3. The molecule has 0 aliphatic heterocycles. The fourth-order valence-electron chi connectivity index (χ4n) is 3.16. The third-order valence-corrected chi connectivity index (χ3v) is 4.74. The Kier molecular flexibility index (Phi) is 5.22. The third-order valence-electron chi connectivity index (χ3n) is 4.25. The molecule has 0 radical (unpaired) electrons. The van der Waals surface area contributed by atoms with E-state index in [2.05, 4.69) is 5.10 Å². The van der Waals surface area contributed by atoms with Crippen molar-refractivity contribution in [1.29, 1.82) is 0 Å². The Balaban J connectivity index is 2.08. The Hall–Kier alpha value is -0.870. The zero-order valence-corrected chi connectivity index (χ0v) is 13.2. The van der Waals surface area contributed by atoms with Gasteiger partial charge in [-0.3, -0.25) is 9.48 Å². The van der Waals surface area contributed by atoms with Gasteiger partial charge in [0.25, 0.3) is 0 Å². The summed E-state index contributed by atoms with van der Waals surface area (Å²) in [6, 6.07) is 0. The molecule has 1 fully saturated rings. The lowest BCUT2D eigenvalue weighted by atomic mass is 9.83. The lowest BCUT2D eigenvalue weighted by molar-refractivity contribution is -0.132. The van der Waals surface area contributed by atoms with Crippen molar-refractivity contribution in [3.05, 3.63) is 16.4 Å². The molecule has 0 aromatic carbocycles. The van der Waals surface area contributed by atoms with Crippen molar-refractivity contribution >= 4 is 17.4 Å². The maximum atomic E-state index is 12.5. The average Bonchev–Trinajstić information content (AvgIpc) is 2.67. The average molecular weight is 299 g/mol. The molecule has 0 amide bonds. The molecule has 2 rings (SSSR count). The van der Waals surface area contributed by atoms with Crippen LogP contribution in [0.1, 0.15) is 43.5 Å². The van der Waals surface area contributed by atoms with E-state index < -0.39 is 0 Å². The Morgan fingerprint density at radius 3 is 2.60 bits per heavy atom. The second-order valence-electron chi connectivity index (χ2n) is 5.67. The molecule has 20 heavy (non-hydrogen) atoms. The van der Waals surface area contributed by atoms with Crippen LogP contribution < -0.4 is 0 Å². The van der Waals surface area contributed by atoms with Crippen molar-refractivity contribution in [3.8, 4) is 0 Å². The predicted octanol–water partition coefficient (Wildman–Crippen LogP) is 3.09. The summed E-state index contributed by atoms with van der Waals surface area (Å²) >= 11 is 6.22. The van der Waals surface area contributed by atoms with Crippen LogP contribution >= 0.6 is 11.6 Å². The maximum Gasteiger partial charge on any atom is 0.167 e. The van der Waals surface area contributed by atoms with Crippen LogP contribution in [0.25, 0.3) is 0 Å². The number of halogens is 1. The third kappa shape index (κ3) is 3.23. The first-order valence-corrected chi connectivity index (χ1v) is 7.66. The Morgan fingerprint density at radius 1 is 1.45 bits per heavy atom. The first-order chi connectivity index (χ1) is 9.54. The van der Waals surface area contributed by atoms with Gasteiger partial charge in [-0.25, -0.2) is 0 Å². The van der Waals surface area contributed by atoms with Gasteiger partial charge in [0, 0.05) is 14.2 Å². The summed E-state index contributed by atoms with van der Waals surface area (Å²) in [5, 5.41) is 4.85. The summed E-state index contributed by atoms with van der Waals surface area (Å²) in [4.78, 5) is 12.5. The minimum absolute atomic E-state index is 0.115. The molecule has 1 aliphatic rings. The molecular weight excluding hydrogens is 276 g/mol. The fraction of sp³-hybridized carbons (Fsp3) is 0.733. The smallest absolute Gasteiger partial charge is 0.167 e. The highest BCUT2D eigenvalue weighted by Crippen LogP contribution is 2.29. The highest BCUT2D eigenvalue weighted by molar-refractivity contribution is 6.32. The van der Waals surface area contributed by atoms with E-state index in [1.54, 1.807) is 11.8 Å². The van der Waals surface area contributed by atoms with E-state index in [-0.39, 0.29) is 11.9 Å². The van der Waals surface area contributed by atoms with E-state index >= 15 is 0 Å². The number of ether oxygens (including phenoxy) is 1. The molecule has 1 heterocycles. The number of methoxy groups -OCH3 is 1. The van der Waals surface area contributed by atoms with Crippen molar-refractivity contribution in [2.75, 3.05) is 7.11 Å².